The van der Waals surface area contributed by atoms with Crippen LogP contribution in [0.2, 0.25) is 0 Å². The third-order valence-corrected chi connectivity index (χ3v) is 2.32. The van der Waals surface area contributed by atoms with Gasteiger partial charge in [-0.05, 0) is 5.56 Å². The van der Waals surface area contributed by atoms with Crippen molar-refractivity contribution in [1.82, 2.24) is 5.32 Å². The van der Waals surface area contributed by atoms with Crippen molar-refractivity contribution in [3.8, 4) is 0 Å². The van der Waals surface area contributed by atoms with Gasteiger partial charge in [0.2, 0.25) is 0 Å². The van der Waals surface area contributed by atoms with Gasteiger partial charge < -0.3 is 10.1 Å². The monoisotopic (exact) mass is 235 g/mol. The lowest BCUT2D eigenvalue weighted by Gasteiger charge is -2.08. The number of hydrogen-bond donors (Lipinski definition) is 1. The molecule has 0 unspecified atom stereocenters. The molecule has 1 N–H and O–H groups in total. The molecule has 0 spiro atoms. The second-order valence-corrected chi connectivity index (χ2v) is 3.68. The summed E-state index contributed by atoms with van der Waals surface area (Å²) in [6.07, 6.45) is 1.47. The summed E-state index contributed by atoms with van der Waals surface area (Å²) in [6.45, 7) is 2.59. The molecule has 1 aromatic carbocycles. The number of rotatable bonds is 3. The van der Waals surface area contributed by atoms with Gasteiger partial charge in [-0.25, -0.2) is 0 Å². The number of carbonyl (C=O) groups excluding carboxylic acids is 2. The molecule has 1 aliphatic rings. The van der Waals surface area contributed by atoms with Gasteiger partial charge >= 0.3 is 0 Å². The van der Waals surface area contributed by atoms with Crippen LogP contribution in [0.15, 0.2) is 30.3 Å². The Labute approximate surface area is 101 Å². The number of benzene rings is 1. The molecule has 0 radical (unpaired) electrons. The van der Waals surface area contributed by atoms with Crippen molar-refractivity contribution >= 4 is 12.3 Å². The lowest BCUT2D eigenvalue weighted by atomic mass is 10.1. The molecule has 0 atom stereocenters. The number of ketones is 1. The van der Waals surface area contributed by atoms with Crippen LogP contribution in [0.5, 0.6) is 0 Å². The normalized spacial score (nSPS) is 14.5. The SMILES string of the molecule is O=C1CCNCC1.O=COCc1ccccc1. The van der Waals surface area contributed by atoms with Gasteiger partial charge in [-0.15, -0.1) is 0 Å². The Hall–Kier alpha value is -1.68. The molecule has 92 valence electrons. The second-order valence-electron chi connectivity index (χ2n) is 3.68. The number of nitrogens with one attached hydrogen (secondary N) is 1. The fourth-order valence-electron chi connectivity index (χ4n) is 1.41. The molecule has 4 heteroatoms. The average molecular weight is 235 g/mol. The highest BCUT2D eigenvalue weighted by Gasteiger charge is 2.04. The average Bonchev–Trinajstić information content (AvgIpc) is 2.39. The Kier molecular flexibility index (Phi) is 6.67. The second kappa shape index (κ2) is 8.47. The summed E-state index contributed by atoms with van der Waals surface area (Å²) < 4.78 is 4.54. The maximum Gasteiger partial charge on any atom is 0.293 e. The van der Waals surface area contributed by atoms with E-state index in [0.717, 1.165) is 31.5 Å². The van der Waals surface area contributed by atoms with Gasteiger partial charge in [0, 0.05) is 25.9 Å². The fraction of sp³-hybridized carbons (Fsp3) is 0.385. The zero-order valence-corrected chi connectivity index (χ0v) is 9.72. The third-order valence-electron chi connectivity index (χ3n) is 2.32. The molecule has 0 aromatic heterocycles. The van der Waals surface area contributed by atoms with Crippen molar-refractivity contribution in [3.63, 3.8) is 0 Å². The zero-order valence-electron chi connectivity index (χ0n) is 9.72. The van der Waals surface area contributed by atoms with Crippen LogP contribution >= 0.6 is 0 Å². The molecule has 2 rings (SSSR count). The summed E-state index contributed by atoms with van der Waals surface area (Å²) in [5, 5.41) is 3.09. The van der Waals surface area contributed by atoms with Crippen molar-refractivity contribution in [2.45, 2.75) is 19.4 Å². The van der Waals surface area contributed by atoms with Crippen LogP contribution in [0.1, 0.15) is 18.4 Å². The predicted molar refractivity (Wildman–Crippen MR) is 64.4 cm³/mol. The molecular formula is C13H17NO3. The van der Waals surface area contributed by atoms with E-state index in [4.69, 9.17) is 0 Å². The number of hydrogen-bond acceptors (Lipinski definition) is 4. The van der Waals surface area contributed by atoms with E-state index in [0.29, 0.717) is 18.9 Å². The molecule has 1 aromatic rings. The molecule has 0 amide bonds. The summed E-state index contributed by atoms with van der Waals surface area (Å²) in [7, 11) is 0. The third kappa shape index (κ3) is 6.48. The van der Waals surface area contributed by atoms with Crippen LogP contribution in [-0.2, 0) is 20.9 Å². The standard InChI is InChI=1S/C8H8O2.C5H9NO/c9-7-10-6-8-4-2-1-3-5-8;7-5-1-3-6-4-2-5/h1-5,7H,6H2;6H,1-4H2. The Morgan fingerprint density at radius 2 is 1.82 bits per heavy atom. The smallest absolute Gasteiger partial charge is 0.293 e. The Bertz CT molecular complexity index is 330. The maximum absolute atomic E-state index is 10.4. The lowest BCUT2D eigenvalue weighted by molar-refractivity contribution is -0.129. The quantitative estimate of drug-likeness (QED) is 0.802. The van der Waals surface area contributed by atoms with Crippen molar-refractivity contribution in [3.05, 3.63) is 35.9 Å². The van der Waals surface area contributed by atoms with Crippen LogP contribution in [0.4, 0.5) is 0 Å². The van der Waals surface area contributed by atoms with E-state index in [2.05, 4.69) is 10.1 Å². The van der Waals surface area contributed by atoms with Crippen molar-refractivity contribution in [2.24, 2.45) is 0 Å². The van der Waals surface area contributed by atoms with Gasteiger partial charge in [-0.2, -0.15) is 0 Å². The Balaban J connectivity index is 0.000000181. The highest BCUT2D eigenvalue weighted by Crippen LogP contribution is 1.98. The number of ether oxygens (including phenoxy) is 1. The molecule has 0 aliphatic carbocycles. The first kappa shape index (κ1) is 13.4. The van der Waals surface area contributed by atoms with E-state index in [-0.39, 0.29) is 0 Å². The Morgan fingerprint density at radius 3 is 2.29 bits per heavy atom. The minimum atomic E-state index is 0.365. The van der Waals surface area contributed by atoms with Gasteiger partial charge in [0.1, 0.15) is 12.4 Å². The van der Waals surface area contributed by atoms with Crippen molar-refractivity contribution in [2.75, 3.05) is 13.1 Å². The molecule has 0 saturated carbocycles. The van der Waals surface area contributed by atoms with Crippen LogP contribution < -0.4 is 5.32 Å². The van der Waals surface area contributed by atoms with E-state index in [9.17, 15) is 9.59 Å². The maximum atomic E-state index is 10.4. The molecule has 1 saturated heterocycles. The van der Waals surface area contributed by atoms with Crippen LogP contribution in [0.25, 0.3) is 0 Å². The zero-order chi connectivity index (χ0) is 12.3. The number of Topliss-reactive ketones (excluding diaryl/α,β-unsaturated/α-hetero) is 1. The lowest BCUT2D eigenvalue weighted by Crippen LogP contribution is -2.27. The summed E-state index contributed by atoms with van der Waals surface area (Å²) in [6, 6.07) is 9.55. The van der Waals surface area contributed by atoms with Crippen molar-refractivity contribution in [1.29, 1.82) is 0 Å². The Morgan fingerprint density at radius 1 is 1.18 bits per heavy atom. The molecule has 1 aliphatic heterocycles. The van der Waals surface area contributed by atoms with Gasteiger partial charge in [0.05, 0.1) is 0 Å². The highest BCUT2D eigenvalue weighted by molar-refractivity contribution is 5.79. The van der Waals surface area contributed by atoms with Gasteiger partial charge in [-0.1, -0.05) is 30.3 Å². The number of carbonyl (C=O) groups is 2. The van der Waals surface area contributed by atoms with Crippen LogP contribution in [-0.4, -0.2) is 25.3 Å². The first-order valence-electron chi connectivity index (χ1n) is 5.64. The fourth-order valence-corrected chi connectivity index (χ4v) is 1.41. The topological polar surface area (TPSA) is 55.4 Å². The summed E-state index contributed by atoms with van der Waals surface area (Å²) in [5.74, 6) is 0.402. The molecule has 0 bridgehead atoms. The molecule has 1 heterocycles. The molecule has 1 fully saturated rings. The van der Waals surface area contributed by atoms with E-state index in [1.807, 2.05) is 30.3 Å². The summed E-state index contributed by atoms with van der Waals surface area (Å²) in [5.41, 5.74) is 1.01. The van der Waals surface area contributed by atoms with E-state index >= 15 is 0 Å². The van der Waals surface area contributed by atoms with E-state index in [1.165, 1.54) is 0 Å². The van der Waals surface area contributed by atoms with Gasteiger partial charge in [-0.3, -0.25) is 9.59 Å². The number of piperidine rings is 1. The minimum absolute atomic E-state index is 0.365. The first-order valence-corrected chi connectivity index (χ1v) is 5.64. The van der Waals surface area contributed by atoms with Crippen LogP contribution in [0.3, 0.4) is 0 Å². The van der Waals surface area contributed by atoms with Crippen LogP contribution in [0, 0.1) is 0 Å². The van der Waals surface area contributed by atoms with Crippen molar-refractivity contribution < 1.29 is 14.3 Å². The predicted octanol–water partition coefficient (Wildman–Crippen LogP) is 1.30. The first-order chi connectivity index (χ1) is 8.33. The van der Waals surface area contributed by atoms with E-state index < -0.39 is 0 Å². The molecule has 17 heavy (non-hydrogen) atoms. The molecular weight excluding hydrogens is 218 g/mol. The largest absolute Gasteiger partial charge is 0.463 e. The summed E-state index contributed by atoms with van der Waals surface area (Å²) >= 11 is 0. The van der Waals surface area contributed by atoms with E-state index in [1.54, 1.807) is 0 Å². The highest BCUT2D eigenvalue weighted by atomic mass is 16.5. The summed E-state index contributed by atoms with van der Waals surface area (Å²) in [4.78, 5) is 20.2. The molecule has 4 nitrogen and oxygen atoms in total. The van der Waals surface area contributed by atoms with Gasteiger partial charge in [0.15, 0.2) is 0 Å². The minimum Gasteiger partial charge on any atom is -0.463 e. The van der Waals surface area contributed by atoms with Gasteiger partial charge in [0.25, 0.3) is 6.47 Å².